The van der Waals surface area contributed by atoms with Crippen molar-refractivity contribution in [3.63, 3.8) is 0 Å². The number of ether oxygens (including phenoxy) is 1. The van der Waals surface area contributed by atoms with Crippen LogP contribution in [0.25, 0.3) is 21.5 Å². The first-order chi connectivity index (χ1) is 15.6. The van der Waals surface area contributed by atoms with Crippen molar-refractivity contribution in [2.24, 2.45) is 7.05 Å². The molecule has 0 aliphatic carbocycles. The van der Waals surface area contributed by atoms with E-state index < -0.39 is 0 Å². The Morgan fingerprint density at radius 3 is 2.53 bits per heavy atom. The number of carbonyl (C=O) groups excluding carboxylic acids is 2. The highest BCUT2D eigenvalue weighted by Crippen LogP contribution is 2.35. The van der Waals surface area contributed by atoms with Crippen molar-refractivity contribution >= 4 is 39.9 Å². The van der Waals surface area contributed by atoms with E-state index in [0.717, 1.165) is 32.6 Å². The van der Waals surface area contributed by atoms with Crippen LogP contribution in [-0.4, -0.2) is 23.2 Å². The molecule has 7 heteroatoms. The Morgan fingerprint density at radius 1 is 1.03 bits per heavy atom. The fourth-order valence-electron chi connectivity index (χ4n) is 3.81. The summed E-state index contributed by atoms with van der Waals surface area (Å²) in [6.07, 6.45) is 0.215. The van der Waals surface area contributed by atoms with Gasteiger partial charge in [-0.1, -0.05) is 36.4 Å². The maximum atomic E-state index is 12.6. The number of aryl methyl sites for hydroxylation is 1. The number of benzene rings is 2. The van der Waals surface area contributed by atoms with Gasteiger partial charge in [0.25, 0.3) is 0 Å². The summed E-state index contributed by atoms with van der Waals surface area (Å²) in [5.74, 6) is -0.261. The third kappa shape index (κ3) is 4.68. The van der Waals surface area contributed by atoms with Gasteiger partial charge in [0.2, 0.25) is 0 Å². The van der Waals surface area contributed by atoms with Crippen molar-refractivity contribution in [2.45, 2.75) is 19.9 Å². The molecule has 32 heavy (non-hydrogen) atoms. The number of rotatable bonds is 7. The lowest BCUT2D eigenvalue weighted by Gasteiger charge is -2.10. The average Bonchev–Trinajstić information content (AvgIpc) is 3.40. The van der Waals surface area contributed by atoms with Crippen molar-refractivity contribution < 1.29 is 14.3 Å². The molecule has 4 rings (SSSR count). The van der Waals surface area contributed by atoms with Gasteiger partial charge in [-0.05, 0) is 42.1 Å². The smallest absolute Gasteiger partial charge is 0.319 e. The highest BCUT2D eigenvalue weighted by atomic mass is 32.1. The van der Waals surface area contributed by atoms with Gasteiger partial charge in [0.1, 0.15) is 0 Å². The summed E-state index contributed by atoms with van der Waals surface area (Å²) < 4.78 is 7.14. The Kier molecular flexibility index (Phi) is 6.56. The zero-order valence-corrected chi connectivity index (χ0v) is 18.9. The van der Waals surface area contributed by atoms with Gasteiger partial charge in [-0.15, -0.1) is 11.3 Å². The minimum Gasteiger partial charge on any atom is -0.466 e. The molecule has 0 radical (unpaired) electrons. The number of aromatic nitrogens is 1. The Hall–Kier alpha value is -3.58. The van der Waals surface area contributed by atoms with Crippen LogP contribution in [0, 0.1) is 0 Å². The fourth-order valence-corrected chi connectivity index (χ4v) is 4.64. The second kappa shape index (κ2) is 9.70. The van der Waals surface area contributed by atoms with Crippen LogP contribution in [0.15, 0.2) is 66.0 Å². The molecule has 6 nitrogen and oxygen atoms in total. The zero-order valence-electron chi connectivity index (χ0n) is 18.1. The summed E-state index contributed by atoms with van der Waals surface area (Å²) in [4.78, 5) is 25.3. The minimum atomic E-state index is -0.284. The van der Waals surface area contributed by atoms with Gasteiger partial charge < -0.3 is 19.9 Å². The number of nitrogens with zero attached hydrogens (tertiary/aromatic N) is 1. The van der Waals surface area contributed by atoms with Crippen LogP contribution >= 0.6 is 11.3 Å². The van der Waals surface area contributed by atoms with Gasteiger partial charge in [0.05, 0.1) is 23.6 Å². The van der Waals surface area contributed by atoms with E-state index in [1.807, 2.05) is 30.3 Å². The highest BCUT2D eigenvalue weighted by Gasteiger charge is 2.17. The molecule has 0 aliphatic rings. The summed E-state index contributed by atoms with van der Waals surface area (Å²) in [6, 6.07) is 19.3. The van der Waals surface area contributed by atoms with Gasteiger partial charge in [0, 0.05) is 35.7 Å². The first kappa shape index (κ1) is 21.6. The number of thiophene rings is 1. The molecule has 2 heterocycles. The SMILES string of the molecule is CCOC(=O)Cc1ccc(NC(=O)NCc2c(-c3cccs3)n(C)c3ccccc23)cc1. The average molecular weight is 448 g/mol. The molecule has 0 spiro atoms. The standard InChI is InChI=1S/C25H25N3O3S/c1-3-31-23(29)15-17-10-12-18(13-11-17)27-25(30)26-16-20-19-7-4-5-8-21(19)28(2)24(20)22-9-6-14-32-22/h4-14H,3,15-16H2,1-2H3,(H2,26,27,30). The summed E-state index contributed by atoms with van der Waals surface area (Å²) in [6.45, 7) is 2.55. The predicted octanol–water partition coefficient (Wildman–Crippen LogP) is 5.33. The quantitative estimate of drug-likeness (QED) is 0.376. The van der Waals surface area contributed by atoms with Crippen molar-refractivity contribution in [2.75, 3.05) is 11.9 Å². The van der Waals surface area contributed by atoms with Crippen LogP contribution in [0.4, 0.5) is 10.5 Å². The van der Waals surface area contributed by atoms with Gasteiger partial charge in [-0.3, -0.25) is 4.79 Å². The second-order valence-corrected chi connectivity index (χ2v) is 8.31. The van der Waals surface area contributed by atoms with Crippen molar-refractivity contribution in [1.82, 2.24) is 9.88 Å². The van der Waals surface area contributed by atoms with E-state index in [1.54, 1.807) is 30.4 Å². The number of carbonyl (C=O) groups is 2. The monoisotopic (exact) mass is 447 g/mol. The van der Waals surface area contributed by atoms with Crippen LogP contribution in [-0.2, 0) is 29.5 Å². The van der Waals surface area contributed by atoms with Crippen LogP contribution in [0.2, 0.25) is 0 Å². The topological polar surface area (TPSA) is 72.4 Å². The van der Waals surface area contributed by atoms with Gasteiger partial charge >= 0.3 is 12.0 Å². The molecule has 0 saturated heterocycles. The number of hydrogen-bond donors (Lipinski definition) is 2. The van der Waals surface area contributed by atoms with Gasteiger partial charge in [-0.25, -0.2) is 4.79 Å². The number of esters is 1. The Morgan fingerprint density at radius 2 is 1.81 bits per heavy atom. The molecule has 4 aromatic rings. The second-order valence-electron chi connectivity index (χ2n) is 7.37. The van der Waals surface area contributed by atoms with E-state index in [0.29, 0.717) is 18.8 Å². The lowest BCUT2D eigenvalue weighted by atomic mass is 10.1. The highest BCUT2D eigenvalue weighted by molar-refractivity contribution is 7.13. The largest absolute Gasteiger partial charge is 0.466 e. The molecule has 2 aromatic carbocycles. The number of fused-ring (bicyclic) bond motifs is 1. The molecule has 2 N–H and O–H groups in total. The Bertz CT molecular complexity index is 1230. The van der Waals surface area contributed by atoms with E-state index in [2.05, 4.69) is 45.8 Å². The van der Waals surface area contributed by atoms with Crippen molar-refractivity contribution in [1.29, 1.82) is 0 Å². The lowest BCUT2D eigenvalue weighted by molar-refractivity contribution is -0.142. The molecule has 0 unspecified atom stereocenters. The number of nitrogens with one attached hydrogen (secondary N) is 2. The van der Waals surface area contributed by atoms with E-state index >= 15 is 0 Å². The molecule has 2 amide bonds. The van der Waals surface area contributed by atoms with Gasteiger partial charge in [-0.2, -0.15) is 0 Å². The number of urea groups is 1. The van der Waals surface area contributed by atoms with Crippen molar-refractivity contribution in [3.8, 4) is 10.6 Å². The fraction of sp³-hybridized carbons (Fsp3) is 0.200. The molecular formula is C25H25N3O3S. The van der Waals surface area contributed by atoms with E-state index in [1.165, 1.54) is 0 Å². The van der Waals surface area contributed by atoms with E-state index in [-0.39, 0.29) is 18.4 Å². The zero-order chi connectivity index (χ0) is 22.5. The molecule has 0 aliphatic heterocycles. The van der Waals surface area contributed by atoms with Crippen LogP contribution in [0.3, 0.4) is 0 Å². The van der Waals surface area contributed by atoms with E-state index in [4.69, 9.17) is 4.74 Å². The van der Waals surface area contributed by atoms with Gasteiger partial charge in [0.15, 0.2) is 0 Å². The molecule has 0 atom stereocenters. The molecular weight excluding hydrogens is 422 g/mol. The number of anilines is 1. The number of amides is 2. The normalized spacial score (nSPS) is 10.8. The maximum absolute atomic E-state index is 12.6. The number of hydrogen-bond acceptors (Lipinski definition) is 4. The summed E-state index contributed by atoms with van der Waals surface area (Å²) in [5.41, 5.74) is 4.83. The Balaban J connectivity index is 1.46. The third-order valence-electron chi connectivity index (χ3n) is 5.26. The predicted molar refractivity (Wildman–Crippen MR) is 129 cm³/mol. The Labute approximate surface area is 190 Å². The molecule has 0 fully saturated rings. The minimum absolute atomic E-state index is 0.215. The molecule has 0 saturated carbocycles. The number of para-hydroxylation sites is 1. The maximum Gasteiger partial charge on any atom is 0.319 e. The molecule has 0 bridgehead atoms. The summed E-state index contributed by atoms with van der Waals surface area (Å²) >= 11 is 1.68. The first-order valence-corrected chi connectivity index (χ1v) is 11.3. The lowest BCUT2D eigenvalue weighted by Crippen LogP contribution is -2.28. The van der Waals surface area contributed by atoms with Crippen LogP contribution < -0.4 is 10.6 Å². The summed E-state index contributed by atoms with van der Waals surface area (Å²) in [7, 11) is 2.05. The third-order valence-corrected chi connectivity index (χ3v) is 6.13. The van der Waals surface area contributed by atoms with Crippen LogP contribution in [0.1, 0.15) is 18.1 Å². The van der Waals surface area contributed by atoms with Crippen molar-refractivity contribution in [3.05, 3.63) is 77.2 Å². The van der Waals surface area contributed by atoms with E-state index in [9.17, 15) is 9.59 Å². The van der Waals surface area contributed by atoms with Crippen LogP contribution in [0.5, 0.6) is 0 Å². The molecule has 2 aromatic heterocycles. The molecule has 164 valence electrons. The first-order valence-electron chi connectivity index (χ1n) is 10.5. The summed E-state index contributed by atoms with van der Waals surface area (Å²) in [5, 5.41) is 9.03.